The van der Waals surface area contributed by atoms with Crippen LogP contribution >= 0.6 is 11.3 Å². The average Bonchev–Trinajstić information content (AvgIpc) is 3.08. The molecule has 0 radical (unpaired) electrons. The summed E-state index contributed by atoms with van der Waals surface area (Å²) in [5, 5.41) is 5.37. The van der Waals surface area contributed by atoms with E-state index in [-0.39, 0.29) is 6.10 Å². The second-order valence-electron chi connectivity index (χ2n) is 6.63. The van der Waals surface area contributed by atoms with Crippen LogP contribution in [-0.2, 0) is 0 Å². The monoisotopic (exact) mass is 359 g/mol. The van der Waals surface area contributed by atoms with Gasteiger partial charge in [0.1, 0.15) is 11.9 Å². The highest BCUT2D eigenvalue weighted by Crippen LogP contribution is 2.34. The van der Waals surface area contributed by atoms with E-state index in [1.54, 1.807) is 11.3 Å². The van der Waals surface area contributed by atoms with Crippen molar-refractivity contribution in [2.24, 2.45) is 0 Å². The van der Waals surface area contributed by atoms with Crippen LogP contribution in [0.25, 0.3) is 0 Å². The fourth-order valence-corrected chi connectivity index (χ4v) is 4.06. The summed E-state index contributed by atoms with van der Waals surface area (Å²) in [5.74, 6) is 1.00. The van der Waals surface area contributed by atoms with E-state index in [4.69, 9.17) is 4.74 Å². The van der Waals surface area contributed by atoms with E-state index >= 15 is 0 Å². The van der Waals surface area contributed by atoms with Gasteiger partial charge in [0.2, 0.25) is 0 Å². The third-order valence-electron chi connectivity index (χ3n) is 4.71. The van der Waals surface area contributed by atoms with E-state index < -0.39 is 0 Å². The normalized spacial score (nSPS) is 17.3. The first kappa shape index (κ1) is 18.2. The number of benzene rings is 1. The van der Waals surface area contributed by atoms with Gasteiger partial charge in [-0.15, -0.1) is 11.3 Å². The van der Waals surface area contributed by atoms with Gasteiger partial charge in [-0.3, -0.25) is 0 Å². The molecule has 1 unspecified atom stereocenters. The van der Waals surface area contributed by atoms with Crippen LogP contribution in [0, 0.1) is 0 Å². The van der Waals surface area contributed by atoms with Crippen molar-refractivity contribution in [2.75, 3.05) is 51.7 Å². The zero-order valence-electron chi connectivity index (χ0n) is 15.3. The molecule has 0 aliphatic carbocycles. The summed E-state index contributed by atoms with van der Waals surface area (Å²) in [6.07, 6.45) is 2.26. The molecule has 1 N–H and O–H groups in total. The molecule has 2 heterocycles. The standard InChI is InChI=1S/C20H29N3OS/c1-21-11-10-19(20-9-5-16-25-20)24-18-8-4-3-7-17(18)23-13-6-12-22(2)14-15-23/h3-5,7-9,16,19,21H,6,10-15H2,1-2H3. The number of likely N-dealkylation sites (N-methyl/N-ethyl adjacent to an activating group) is 1. The Bertz CT molecular complexity index is 632. The maximum Gasteiger partial charge on any atom is 0.143 e. The number of para-hydroxylation sites is 2. The molecule has 25 heavy (non-hydrogen) atoms. The van der Waals surface area contributed by atoms with Gasteiger partial charge in [-0.1, -0.05) is 18.2 Å². The molecule has 136 valence electrons. The van der Waals surface area contributed by atoms with E-state index in [1.165, 1.54) is 23.5 Å². The lowest BCUT2D eigenvalue weighted by Crippen LogP contribution is -2.29. The molecule has 2 aromatic rings. The molecule has 1 atom stereocenters. The number of nitrogens with zero attached hydrogens (tertiary/aromatic N) is 2. The Morgan fingerprint density at radius 2 is 2.00 bits per heavy atom. The first-order valence-corrected chi connectivity index (χ1v) is 10.0. The van der Waals surface area contributed by atoms with E-state index in [2.05, 4.69) is 63.9 Å². The maximum absolute atomic E-state index is 6.53. The summed E-state index contributed by atoms with van der Waals surface area (Å²) in [4.78, 5) is 6.17. The second kappa shape index (κ2) is 9.22. The summed E-state index contributed by atoms with van der Waals surface area (Å²) in [7, 11) is 4.20. The van der Waals surface area contributed by atoms with Crippen molar-refractivity contribution < 1.29 is 4.74 Å². The van der Waals surface area contributed by atoms with Crippen molar-refractivity contribution in [3.05, 3.63) is 46.7 Å². The Balaban J connectivity index is 1.79. The summed E-state index contributed by atoms with van der Waals surface area (Å²) >= 11 is 1.77. The van der Waals surface area contributed by atoms with Crippen molar-refractivity contribution in [3.8, 4) is 5.75 Å². The largest absolute Gasteiger partial charge is 0.483 e. The molecule has 1 aliphatic rings. The minimum atomic E-state index is 0.100. The van der Waals surface area contributed by atoms with Crippen LogP contribution < -0.4 is 15.0 Å². The number of rotatable bonds is 7. The molecule has 1 fully saturated rings. The highest BCUT2D eigenvalue weighted by molar-refractivity contribution is 7.10. The molecule has 0 bridgehead atoms. The van der Waals surface area contributed by atoms with Crippen LogP contribution in [0.1, 0.15) is 23.8 Å². The molecule has 4 nitrogen and oxygen atoms in total. The number of ether oxygens (including phenoxy) is 1. The minimum absolute atomic E-state index is 0.100. The van der Waals surface area contributed by atoms with Gasteiger partial charge in [0.05, 0.1) is 5.69 Å². The molecule has 1 aliphatic heterocycles. The third kappa shape index (κ3) is 4.97. The van der Waals surface area contributed by atoms with E-state index in [1.807, 2.05) is 7.05 Å². The number of hydrogen-bond donors (Lipinski definition) is 1. The topological polar surface area (TPSA) is 27.7 Å². The molecule has 1 aromatic heterocycles. The van der Waals surface area contributed by atoms with Crippen molar-refractivity contribution in [1.29, 1.82) is 0 Å². The van der Waals surface area contributed by atoms with Crippen LogP contribution in [0.15, 0.2) is 41.8 Å². The highest BCUT2D eigenvalue weighted by atomic mass is 32.1. The SMILES string of the molecule is CNCCC(Oc1ccccc1N1CCCN(C)CC1)c1cccs1. The lowest BCUT2D eigenvalue weighted by Gasteiger charge is -2.27. The summed E-state index contributed by atoms with van der Waals surface area (Å²) in [6.45, 7) is 5.35. The average molecular weight is 360 g/mol. The smallest absolute Gasteiger partial charge is 0.143 e. The summed E-state index contributed by atoms with van der Waals surface area (Å²) in [5.41, 5.74) is 1.23. The zero-order chi connectivity index (χ0) is 17.5. The zero-order valence-corrected chi connectivity index (χ0v) is 16.1. The lowest BCUT2D eigenvalue weighted by molar-refractivity contribution is 0.199. The fraction of sp³-hybridized carbons (Fsp3) is 0.500. The Hall–Kier alpha value is -1.56. The van der Waals surface area contributed by atoms with Gasteiger partial charge < -0.3 is 19.9 Å². The molecule has 1 saturated heterocycles. The highest BCUT2D eigenvalue weighted by Gasteiger charge is 2.20. The molecule has 0 amide bonds. The Labute approximate surface area is 155 Å². The molecule has 0 spiro atoms. The van der Waals surface area contributed by atoms with Gasteiger partial charge in [-0.05, 0) is 57.2 Å². The van der Waals surface area contributed by atoms with Gasteiger partial charge in [0.25, 0.3) is 0 Å². The van der Waals surface area contributed by atoms with Crippen molar-refractivity contribution in [1.82, 2.24) is 10.2 Å². The number of thiophene rings is 1. The predicted octanol–water partition coefficient (Wildman–Crippen LogP) is 3.62. The molecule has 5 heteroatoms. The van der Waals surface area contributed by atoms with Crippen molar-refractivity contribution in [3.63, 3.8) is 0 Å². The van der Waals surface area contributed by atoms with Gasteiger partial charge >= 0.3 is 0 Å². The van der Waals surface area contributed by atoms with E-state index in [9.17, 15) is 0 Å². The number of anilines is 1. The quantitative estimate of drug-likeness (QED) is 0.817. The van der Waals surface area contributed by atoms with Crippen molar-refractivity contribution >= 4 is 17.0 Å². The van der Waals surface area contributed by atoms with Gasteiger partial charge in [0, 0.05) is 30.9 Å². The molecule has 3 rings (SSSR count). The fourth-order valence-electron chi connectivity index (χ4n) is 3.27. The third-order valence-corrected chi connectivity index (χ3v) is 5.68. The van der Waals surface area contributed by atoms with Crippen LogP contribution in [0.5, 0.6) is 5.75 Å². The molecular weight excluding hydrogens is 330 g/mol. The predicted molar refractivity (Wildman–Crippen MR) is 107 cm³/mol. The van der Waals surface area contributed by atoms with Crippen molar-refractivity contribution in [2.45, 2.75) is 18.9 Å². The number of nitrogens with one attached hydrogen (secondary N) is 1. The number of hydrogen-bond acceptors (Lipinski definition) is 5. The maximum atomic E-state index is 6.53. The molecule has 1 aromatic carbocycles. The summed E-state index contributed by atoms with van der Waals surface area (Å²) < 4.78 is 6.53. The minimum Gasteiger partial charge on any atom is -0.483 e. The Kier molecular flexibility index (Phi) is 6.73. The van der Waals surface area contributed by atoms with Gasteiger partial charge in [-0.2, -0.15) is 0 Å². The molecule has 0 saturated carbocycles. The van der Waals surface area contributed by atoms with E-state index in [0.29, 0.717) is 0 Å². The van der Waals surface area contributed by atoms with Crippen LogP contribution in [0.4, 0.5) is 5.69 Å². The first-order valence-electron chi connectivity index (χ1n) is 9.15. The molecular formula is C20H29N3OS. The Morgan fingerprint density at radius 1 is 1.12 bits per heavy atom. The lowest BCUT2D eigenvalue weighted by atomic mass is 10.2. The van der Waals surface area contributed by atoms with E-state index in [0.717, 1.165) is 38.3 Å². The van der Waals surface area contributed by atoms with Gasteiger partial charge in [0.15, 0.2) is 0 Å². The van der Waals surface area contributed by atoms with Crippen LogP contribution in [-0.4, -0.2) is 51.7 Å². The van der Waals surface area contributed by atoms with Gasteiger partial charge in [-0.25, -0.2) is 0 Å². The van der Waals surface area contributed by atoms with Crippen LogP contribution in [0.2, 0.25) is 0 Å². The second-order valence-corrected chi connectivity index (χ2v) is 7.61. The summed E-state index contributed by atoms with van der Waals surface area (Å²) in [6, 6.07) is 12.8. The van der Waals surface area contributed by atoms with Crippen LogP contribution in [0.3, 0.4) is 0 Å². The first-order chi connectivity index (χ1) is 12.3. The Morgan fingerprint density at radius 3 is 2.80 bits per heavy atom.